The Morgan fingerprint density at radius 2 is 1.72 bits per heavy atom. The third kappa shape index (κ3) is 3.69. The minimum atomic E-state index is -0.372. The van der Waals surface area contributed by atoms with Crippen LogP contribution in [0.25, 0.3) is 16.8 Å². The zero-order valence-corrected chi connectivity index (χ0v) is 18.7. The highest BCUT2D eigenvalue weighted by Crippen LogP contribution is 2.27. The summed E-state index contributed by atoms with van der Waals surface area (Å²) in [5.41, 5.74) is 1.09. The lowest BCUT2D eigenvalue weighted by atomic mass is 9.97. The highest BCUT2D eigenvalue weighted by Gasteiger charge is 2.30. The quantitative estimate of drug-likeness (QED) is 0.635. The number of imidazole rings is 1. The summed E-state index contributed by atoms with van der Waals surface area (Å²) in [5, 5.41) is 7.34. The molecule has 0 spiro atoms. The van der Waals surface area contributed by atoms with E-state index in [1.807, 2.05) is 29.2 Å². The van der Waals surface area contributed by atoms with Gasteiger partial charge in [0.25, 0.3) is 0 Å². The fourth-order valence-corrected chi connectivity index (χ4v) is 4.93. The average Bonchev–Trinajstić information content (AvgIpc) is 3.48. The molecule has 9 heteroatoms. The Kier molecular flexibility index (Phi) is 5.27. The minimum absolute atomic E-state index is 0.0251. The summed E-state index contributed by atoms with van der Waals surface area (Å²) in [7, 11) is 0. The van der Waals surface area contributed by atoms with E-state index in [0.29, 0.717) is 23.8 Å². The number of carbonyl (C=O) groups excluding carboxylic acids is 2. The third-order valence-corrected chi connectivity index (χ3v) is 6.83. The molecule has 3 heterocycles. The average molecular weight is 439 g/mol. The van der Waals surface area contributed by atoms with Crippen LogP contribution >= 0.6 is 0 Å². The number of hydrogen-bond donors (Lipinski definition) is 1. The summed E-state index contributed by atoms with van der Waals surface area (Å²) in [6.07, 6.45) is 5.43. The van der Waals surface area contributed by atoms with Crippen LogP contribution in [0.1, 0.15) is 46.0 Å². The number of aromatic nitrogens is 4. The van der Waals surface area contributed by atoms with Crippen LogP contribution in [-0.4, -0.2) is 54.1 Å². The number of amides is 2. The number of carbonyl (C=O) groups is 2. The first-order chi connectivity index (χ1) is 15.4. The highest BCUT2D eigenvalue weighted by atomic mass is 16.2. The van der Waals surface area contributed by atoms with Crippen LogP contribution in [0, 0.1) is 5.92 Å². The van der Waals surface area contributed by atoms with Crippen molar-refractivity contribution < 1.29 is 9.59 Å². The fourth-order valence-electron chi connectivity index (χ4n) is 4.93. The number of benzene rings is 1. The van der Waals surface area contributed by atoms with Crippen LogP contribution in [0.4, 0.5) is 0 Å². The highest BCUT2D eigenvalue weighted by molar-refractivity contribution is 5.85. The predicted octanol–water partition coefficient (Wildman–Crippen LogP) is 1.77. The van der Waals surface area contributed by atoms with Crippen molar-refractivity contribution in [2.75, 3.05) is 6.54 Å². The molecule has 2 fully saturated rings. The van der Waals surface area contributed by atoms with Gasteiger partial charge in [0.15, 0.2) is 0 Å². The van der Waals surface area contributed by atoms with Crippen LogP contribution in [-0.2, 0) is 22.7 Å². The van der Waals surface area contributed by atoms with Crippen LogP contribution in [0.2, 0.25) is 0 Å². The van der Waals surface area contributed by atoms with Crippen LogP contribution in [0.3, 0.4) is 0 Å². The van der Waals surface area contributed by atoms with Gasteiger partial charge in [0.05, 0.1) is 11.0 Å². The second kappa shape index (κ2) is 8.11. The van der Waals surface area contributed by atoms with Crippen LogP contribution in [0.5, 0.6) is 0 Å². The molecule has 1 aliphatic heterocycles. The van der Waals surface area contributed by atoms with Gasteiger partial charge in [-0.25, -0.2) is 13.9 Å². The Morgan fingerprint density at radius 1 is 1.03 bits per heavy atom. The molecular weight excluding hydrogens is 408 g/mol. The van der Waals surface area contributed by atoms with Crippen molar-refractivity contribution in [1.82, 2.24) is 29.0 Å². The van der Waals surface area contributed by atoms with Crippen LogP contribution < -0.4 is 11.0 Å². The summed E-state index contributed by atoms with van der Waals surface area (Å²) < 4.78 is 4.49. The molecule has 3 aromatic rings. The zero-order chi connectivity index (χ0) is 22.4. The van der Waals surface area contributed by atoms with Gasteiger partial charge >= 0.3 is 5.69 Å². The second-order valence-corrected chi connectivity index (χ2v) is 9.33. The maximum absolute atomic E-state index is 13.3. The van der Waals surface area contributed by atoms with E-state index >= 15 is 0 Å². The number of nitrogens with zero attached hydrogens (tertiary/aromatic N) is 5. The first-order valence-electron chi connectivity index (χ1n) is 11.6. The fraction of sp³-hybridized carbons (Fsp3) is 0.565. The molecule has 2 aromatic heterocycles. The normalized spacial score (nSPS) is 21.4. The lowest BCUT2D eigenvalue weighted by Gasteiger charge is -2.39. The molecule has 1 N–H and O–H groups in total. The lowest BCUT2D eigenvalue weighted by Crippen LogP contribution is -2.48. The van der Waals surface area contributed by atoms with Crippen molar-refractivity contribution in [3.8, 4) is 0 Å². The summed E-state index contributed by atoms with van der Waals surface area (Å²) in [6.45, 7) is 4.81. The summed E-state index contributed by atoms with van der Waals surface area (Å²) >= 11 is 0. The Bertz CT molecular complexity index is 1220. The van der Waals surface area contributed by atoms with Crippen molar-refractivity contribution >= 4 is 28.6 Å². The van der Waals surface area contributed by atoms with E-state index in [1.165, 1.54) is 9.08 Å². The van der Waals surface area contributed by atoms with E-state index in [9.17, 15) is 14.4 Å². The van der Waals surface area contributed by atoms with E-state index in [4.69, 9.17) is 0 Å². The standard InChI is InChI=1S/C23H30N6O3/c1-15-6-5-7-16(2)28(15)21(31)14-26-18-8-3-4-9-19(18)29-22(26)25-27(23(29)32)13-20(30)24-12-17-10-11-17/h3-4,8-9,15-17H,5-7,10-14H2,1-2H3,(H,24,30)/t15-,16-/m0/s1. The van der Waals surface area contributed by atoms with Crippen molar-refractivity contribution in [3.05, 3.63) is 34.7 Å². The molecule has 2 atom stereocenters. The summed E-state index contributed by atoms with van der Waals surface area (Å²) in [4.78, 5) is 40.7. The second-order valence-electron chi connectivity index (χ2n) is 9.33. The Labute approximate surface area is 186 Å². The number of nitrogens with one attached hydrogen (secondary N) is 1. The molecule has 1 saturated carbocycles. The smallest absolute Gasteiger partial charge is 0.352 e. The molecule has 0 bridgehead atoms. The molecule has 1 saturated heterocycles. The van der Waals surface area contributed by atoms with Crippen molar-refractivity contribution in [2.24, 2.45) is 5.92 Å². The maximum Gasteiger partial charge on any atom is 0.352 e. The molecule has 2 aliphatic rings. The largest absolute Gasteiger partial charge is 0.354 e. The first kappa shape index (κ1) is 20.8. The van der Waals surface area contributed by atoms with Gasteiger partial charge < -0.3 is 10.2 Å². The van der Waals surface area contributed by atoms with Crippen molar-refractivity contribution in [2.45, 2.75) is 71.1 Å². The van der Waals surface area contributed by atoms with Gasteiger partial charge in [-0.1, -0.05) is 12.1 Å². The Balaban J connectivity index is 1.49. The van der Waals surface area contributed by atoms with E-state index in [-0.39, 0.29) is 42.7 Å². The number of hydrogen-bond acceptors (Lipinski definition) is 4. The molecule has 170 valence electrons. The van der Waals surface area contributed by atoms with Gasteiger partial charge in [-0.2, -0.15) is 0 Å². The molecule has 9 nitrogen and oxygen atoms in total. The molecule has 1 aromatic carbocycles. The molecule has 5 rings (SSSR count). The van der Waals surface area contributed by atoms with E-state index in [1.54, 1.807) is 4.57 Å². The first-order valence-corrected chi connectivity index (χ1v) is 11.6. The predicted molar refractivity (Wildman–Crippen MR) is 120 cm³/mol. The number of piperidine rings is 1. The minimum Gasteiger partial charge on any atom is -0.354 e. The van der Waals surface area contributed by atoms with Gasteiger partial charge in [0.1, 0.15) is 13.1 Å². The molecular formula is C23H30N6O3. The lowest BCUT2D eigenvalue weighted by molar-refractivity contribution is -0.137. The topological polar surface area (TPSA) is 93.6 Å². The maximum atomic E-state index is 13.3. The van der Waals surface area contributed by atoms with Gasteiger partial charge in [-0.15, -0.1) is 5.10 Å². The van der Waals surface area contributed by atoms with Crippen molar-refractivity contribution in [3.63, 3.8) is 0 Å². The Morgan fingerprint density at radius 3 is 2.41 bits per heavy atom. The molecule has 2 amide bonds. The van der Waals surface area contributed by atoms with E-state index < -0.39 is 0 Å². The molecule has 0 radical (unpaired) electrons. The molecule has 1 aliphatic carbocycles. The molecule has 32 heavy (non-hydrogen) atoms. The molecule has 0 unspecified atom stereocenters. The van der Waals surface area contributed by atoms with Gasteiger partial charge in [0, 0.05) is 18.6 Å². The van der Waals surface area contributed by atoms with Gasteiger partial charge in [0.2, 0.25) is 17.6 Å². The van der Waals surface area contributed by atoms with Gasteiger partial charge in [-0.3, -0.25) is 14.2 Å². The SMILES string of the molecule is C[C@H]1CCC[C@H](C)N1C(=O)Cn1c2ccccc2n2c(=O)n(CC(=O)NCC3CC3)nc12. The number of para-hydroxylation sites is 2. The summed E-state index contributed by atoms with van der Waals surface area (Å²) in [6, 6.07) is 7.87. The number of fused-ring (bicyclic) bond motifs is 3. The Hall–Kier alpha value is -3.10. The third-order valence-electron chi connectivity index (χ3n) is 6.83. The van der Waals surface area contributed by atoms with E-state index in [0.717, 1.165) is 37.6 Å². The summed E-state index contributed by atoms with van der Waals surface area (Å²) in [5.74, 6) is 0.757. The monoisotopic (exact) mass is 438 g/mol. The van der Waals surface area contributed by atoms with Crippen molar-refractivity contribution in [1.29, 1.82) is 0 Å². The van der Waals surface area contributed by atoms with Crippen LogP contribution in [0.15, 0.2) is 29.1 Å². The van der Waals surface area contributed by atoms with E-state index in [2.05, 4.69) is 24.3 Å². The van der Waals surface area contributed by atoms with Gasteiger partial charge in [-0.05, 0) is 64.0 Å². The zero-order valence-electron chi connectivity index (χ0n) is 18.7. The number of rotatable bonds is 6. The number of likely N-dealkylation sites (tertiary alicyclic amines) is 1.